The second kappa shape index (κ2) is 12.4. The Morgan fingerprint density at radius 1 is 1.15 bits per heavy atom. The molecule has 4 aromatic rings. The van der Waals surface area contributed by atoms with Gasteiger partial charge in [-0.2, -0.15) is 5.10 Å². The highest BCUT2D eigenvalue weighted by atomic mass is 35.5. The van der Waals surface area contributed by atoms with E-state index in [-0.39, 0.29) is 34.7 Å². The number of carbonyl (C=O) groups excluding carboxylic acids is 2. The number of hydrogen-bond acceptors (Lipinski definition) is 6. The number of hydrogen-bond donors (Lipinski definition) is 3. The molecule has 1 amide bonds. The SMILES string of the molecule is COc1cc(-c2cccc(-c3cccc(NC(=O)c4cc5n(n4)CCCC5NCCO)c3Cl)c2Cl)cc(F)c1C=O. The number of aldehydes is 1. The van der Waals surface area contributed by atoms with Crippen molar-refractivity contribution in [3.05, 3.63) is 87.4 Å². The van der Waals surface area contributed by atoms with Crippen LogP contribution in [0.3, 0.4) is 0 Å². The van der Waals surface area contributed by atoms with Crippen molar-refractivity contribution in [2.75, 3.05) is 25.6 Å². The summed E-state index contributed by atoms with van der Waals surface area (Å²) >= 11 is 13.6. The van der Waals surface area contributed by atoms with Gasteiger partial charge in [-0.3, -0.25) is 14.3 Å². The molecule has 2 heterocycles. The van der Waals surface area contributed by atoms with E-state index in [0.29, 0.717) is 52.3 Å². The summed E-state index contributed by atoms with van der Waals surface area (Å²) in [5.74, 6) is -1.05. The number of fused-ring (bicyclic) bond motifs is 1. The van der Waals surface area contributed by atoms with Crippen LogP contribution >= 0.6 is 23.2 Å². The standard InChI is InChI=1S/C30H27Cl2FN4O4/c1-41-27-14-17(13-22(33)21(27)16-39)18-5-2-6-19(28(18)31)20-7-3-8-24(29(20)32)35-30(40)25-15-26-23(34-10-12-38)9-4-11-37(26)36-25/h2-3,5-8,13-16,23,34,38H,4,9-12H2,1H3,(H,35,40). The van der Waals surface area contributed by atoms with Crippen molar-refractivity contribution in [3.8, 4) is 28.0 Å². The largest absolute Gasteiger partial charge is 0.496 e. The summed E-state index contributed by atoms with van der Waals surface area (Å²) in [6.45, 7) is 1.19. The molecular formula is C30H27Cl2FN4O4. The molecule has 3 N–H and O–H groups in total. The Balaban J connectivity index is 1.45. The number of carbonyl (C=O) groups is 2. The minimum Gasteiger partial charge on any atom is -0.496 e. The second-order valence-corrected chi connectivity index (χ2v) is 10.3. The van der Waals surface area contributed by atoms with E-state index in [2.05, 4.69) is 15.7 Å². The van der Waals surface area contributed by atoms with Crippen LogP contribution in [-0.4, -0.2) is 47.3 Å². The van der Waals surface area contributed by atoms with Crippen molar-refractivity contribution in [1.82, 2.24) is 15.1 Å². The molecule has 3 aromatic carbocycles. The summed E-state index contributed by atoms with van der Waals surface area (Å²) in [5, 5.41) is 20.4. The van der Waals surface area contributed by atoms with Gasteiger partial charge in [-0.05, 0) is 42.7 Å². The first-order valence-electron chi connectivity index (χ1n) is 13.0. The van der Waals surface area contributed by atoms with Crippen LogP contribution < -0.4 is 15.4 Å². The molecule has 11 heteroatoms. The number of nitrogens with one attached hydrogen (secondary N) is 2. The molecule has 212 valence electrons. The number of nitrogens with zero attached hydrogens (tertiary/aromatic N) is 2. The maximum Gasteiger partial charge on any atom is 0.276 e. The van der Waals surface area contributed by atoms with Crippen LogP contribution in [0, 0.1) is 5.82 Å². The normalized spacial score (nSPS) is 14.4. The van der Waals surface area contributed by atoms with Gasteiger partial charge in [-0.25, -0.2) is 4.39 Å². The highest BCUT2D eigenvalue weighted by Crippen LogP contribution is 2.42. The third-order valence-electron chi connectivity index (χ3n) is 7.04. The van der Waals surface area contributed by atoms with Gasteiger partial charge in [-0.15, -0.1) is 0 Å². The van der Waals surface area contributed by atoms with Crippen molar-refractivity contribution in [3.63, 3.8) is 0 Å². The van der Waals surface area contributed by atoms with Crippen LogP contribution in [-0.2, 0) is 6.54 Å². The number of aliphatic hydroxyl groups excluding tert-OH is 1. The lowest BCUT2D eigenvalue weighted by Crippen LogP contribution is -2.29. The number of methoxy groups -OCH3 is 1. The molecule has 8 nitrogen and oxygen atoms in total. The molecule has 1 aromatic heterocycles. The number of amides is 1. The number of benzene rings is 3. The number of anilines is 1. The minimum absolute atomic E-state index is 0.00867. The quantitative estimate of drug-likeness (QED) is 0.200. The topological polar surface area (TPSA) is 105 Å². The van der Waals surface area contributed by atoms with Crippen molar-refractivity contribution in [2.45, 2.75) is 25.4 Å². The molecule has 1 aliphatic rings. The van der Waals surface area contributed by atoms with Crippen molar-refractivity contribution in [1.29, 1.82) is 0 Å². The van der Waals surface area contributed by atoms with Gasteiger partial charge in [0.25, 0.3) is 5.91 Å². The third kappa shape index (κ3) is 5.71. The number of rotatable bonds is 9. The zero-order chi connectivity index (χ0) is 29.1. The number of halogens is 3. The van der Waals surface area contributed by atoms with Gasteiger partial charge in [0, 0.05) is 35.8 Å². The molecular weight excluding hydrogens is 570 g/mol. The van der Waals surface area contributed by atoms with E-state index in [9.17, 15) is 19.1 Å². The zero-order valence-electron chi connectivity index (χ0n) is 22.1. The van der Waals surface area contributed by atoms with Crippen molar-refractivity contribution >= 4 is 41.1 Å². The van der Waals surface area contributed by atoms with E-state index in [0.717, 1.165) is 18.5 Å². The first kappa shape index (κ1) is 28.8. The second-order valence-electron chi connectivity index (χ2n) is 9.53. The summed E-state index contributed by atoms with van der Waals surface area (Å²) in [4.78, 5) is 24.5. The average molecular weight is 597 g/mol. The van der Waals surface area contributed by atoms with Crippen LogP contribution in [0.15, 0.2) is 54.6 Å². The molecule has 1 unspecified atom stereocenters. The molecule has 0 spiro atoms. The fourth-order valence-electron chi connectivity index (χ4n) is 5.06. The highest BCUT2D eigenvalue weighted by Gasteiger charge is 2.25. The Labute approximate surface area is 246 Å². The number of aromatic nitrogens is 2. The van der Waals surface area contributed by atoms with Crippen LogP contribution in [0.1, 0.15) is 45.4 Å². The van der Waals surface area contributed by atoms with Gasteiger partial charge in [-0.1, -0.05) is 53.5 Å². The van der Waals surface area contributed by atoms with E-state index in [1.165, 1.54) is 13.2 Å². The fourth-order valence-corrected chi connectivity index (χ4v) is 5.67. The zero-order valence-corrected chi connectivity index (χ0v) is 23.6. The van der Waals surface area contributed by atoms with E-state index in [1.54, 1.807) is 48.5 Å². The Kier molecular flexibility index (Phi) is 8.70. The lowest BCUT2D eigenvalue weighted by atomic mass is 9.97. The Morgan fingerprint density at radius 2 is 1.88 bits per heavy atom. The summed E-state index contributed by atoms with van der Waals surface area (Å²) < 4.78 is 21.6. The van der Waals surface area contributed by atoms with E-state index in [4.69, 9.17) is 27.9 Å². The van der Waals surface area contributed by atoms with Gasteiger partial charge in [0.05, 0.1) is 40.7 Å². The predicted molar refractivity (Wildman–Crippen MR) is 156 cm³/mol. The molecule has 0 bridgehead atoms. The molecule has 0 radical (unpaired) electrons. The predicted octanol–water partition coefficient (Wildman–Crippen LogP) is 6.15. The number of aryl methyl sites for hydroxylation is 1. The summed E-state index contributed by atoms with van der Waals surface area (Å²) in [7, 11) is 1.36. The fraction of sp³-hybridized carbons (Fsp3) is 0.233. The van der Waals surface area contributed by atoms with Crippen molar-refractivity contribution < 1.29 is 23.8 Å². The monoisotopic (exact) mass is 596 g/mol. The molecule has 0 saturated heterocycles. The molecule has 0 saturated carbocycles. The van der Waals surface area contributed by atoms with Crippen LogP contribution in [0.25, 0.3) is 22.3 Å². The van der Waals surface area contributed by atoms with Gasteiger partial charge in [0.1, 0.15) is 11.6 Å². The summed E-state index contributed by atoms with van der Waals surface area (Å²) in [6, 6.07) is 15.0. The van der Waals surface area contributed by atoms with E-state index < -0.39 is 11.7 Å². The van der Waals surface area contributed by atoms with Crippen LogP contribution in [0.4, 0.5) is 10.1 Å². The van der Waals surface area contributed by atoms with E-state index in [1.807, 2.05) is 4.68 Å². The van der Waals surface area contributed by atoms with E-state index >= 15 is 0 Å². The van der Waals surface area contributed by atoms with Crippen molar-refractivity contribution in [2.24, 2.45) is 0 Å². The molecule has 41 heavy (non-hydrogen) atoms. The molecule has 1 atom stereocenters. The van der Waals surface area contributed by atoms with Gasteiger partial charge in [0.15, 0.2) is 12.0 Å². The lowest BCUT2D eigenvalue weighted by molar-refractivity contribution is 0.102. The molecule has 5 rings (SSSR count). The maximum atomic E-state index is 14.6. The number of aliphatic hydroxyl groups is 1. The smallest absolute Gasteiger partial charge is 0.276 e. The van der Waals surface area contributed by atoms with Crippen LogP contribution in [0.2, 0.25) is 10.0 Å². The van der Waals surface area contributed by atoms with Gasteiger partial charge >= 0.3 is 0 Å². The first-order valence-corrected chi connectivity index (χ1v) is 13.8. The summed E-state index contributed by atoms with van der Waals surface area (Å²) in [6.07, 6.45) is 2.20. The minimum atomic E-state index is -0.727. The average Bonchev–Trinajstić information content (AvgIpc) is 3.42. The molecule has 0 fully saturated rings. The Hall–Kier alpha value is -3.76. The third-order valence-corrected chi connectivity index (χ3v) is 7.86. The summed E-state index contributed by atoms with van der Waals surface area (Å²) in [5.41, 5.74) is 3.42. The van der Waals surface area contributed by atoms with Gasteiger partial charge < -0.3 is 20.5 Å². The highest BCUT2D eigenvalue weighted by molar-refractivity contribution is 6.39. The number of ether oxygens (including phenoxy) is 1. The Bertz CT molecular complexity index is 1620. The molecule has 0 aliphatic carbocycles. The Morgan fingerprint density at radius 3 is 2.61 bits per heavy atom. The lowest BCUT2D eigenvalue weighted by Gasteiger charge is -2.24. The molecule has 1 aliphatic heterocycles. The van der Waals surface area contributed by atoms with Crippen LogP contribution in [0.5, 0.6) is 5.75 Å². The first-order chi connectivity index (χ1) is 19.9. The maximum absolute atomic E-state index is 14.6. The van der Waals surface area contributed by atoms with Gasteiger partial charge in [0.2, 0.25) is 0 Å².